The van der Waals surface area contributed by atoms with Gasteiger partial charge in [-0.3, -0.25) is 4.89 Å². The first-order chi connectivity index (χ1) is 27.6. The molecular formula is C49H52O8. The van der Waals surface area contributed by atoms with Crippen LogP contribution in [-0.2, 0) is 21.1 Å². The van der Waals surface area contributed by atoms with Gasteiger partial charge in [0.2, 0.25) is 0 Å². The Hall–Kier alpha value is -5.76. The fourth-order valence-corrected chi connectivity index (χ4v) is 8.65. The van der Waals surface area contributed by atoms with Crippen LogP contribution in [0.3, 0.4) is 0 Å². The van der Waals surface area contributed by atoms with Crippen molar-refractivity contribution in [3.05, 3.63) is 149 Å². The molecule has 0 atom stereocenters. The van der Waals surface area contributed by atoms with E-state index in [1.807, 2.05) is 72.8 Å². The van der Waals surface area contributed by atoms with Crippen LogP contribution in [0.4, 0.5) is 9.59 Å². The lowest BCUT2D eigenvalue weighted by molar-refractivity contribution is -0.157. The summed E-state index contributed by atoms with van der Waals surface area (Å²) in [6, 6.07) is 38.9. The fraction of sp³-hybridized carbons (Fsp3) is 0.347. The van der Waals surface area contributed by atoms with Crippen LogP contribution in [0.5, 0.6) is 28.7 Å². The Kier molecular flexibility index (Phi) is 11.9. The van der Waals surface area contributed by atoms with Crippen LogP contribution in [-0.4, -0.2) is 19.4 Å². The van der Waals surface area contributed by atoms with Gasteiger partial charge in [-0.2, -0.15) is 4.79 Å². The van der Waals surface area contributed by atoms with Crippen LogP contribution < -0.4 is 23.8 Å². The average Bonchev–Trinajstić information content (AvgIpc) is 3.24. The van der Waals surface area contributed by atoms with Crippen molar-refractivity contribution in [2.24, 2.45) is 0 Å². The van der Waals surface area contributed by atoms with Crippen molar-refractivity contribution in [3.63, 3.8) is 0 Å². The van der Waals surface area contributed by atoms with Gasteiger partial charge in [0, 0.05) is 10.8 Å². The van der Waals surface area contributed by atoms with E-state index in [-0.39, 0.29) is 16.2 Å². The topological polar surface area (TPSA) is 89.5 Å². The fourth-order valence-electron chi connectivity index (χ4n) is 8.65. The Balaban J connectivity index is 0.954. The van der Waals surface area contributed by atoms with Crippen molar-refractivity contribution < 1.29 is 38.3 Å². The zero-order valence-electron chi connectivity index (χ0n) is 33.4. The molecule has 2 fully saturated rings. The number of methoxy groups -OCH3 is 1. The number of hydrogen-bond donors (Lipinski definition) is 0. The number of hydrogen-bond acceptors (Lipinski definition) is 8. The van der Waals surface area contributed by atoms with Gasteiger partial charge in [0.05, 0.1) is 7.11 Å². The van der Waals surface area contributed by atoms with Gasteiger partial charge in [0.1, 0.15) is 23.0 Å². The molecule has 0 spiro atoms. The highest BCUT2D eigenvalue weighted by Crippen LogP contribution is 2.47. The zero-order valence-corrected chi connectivity index (χ0v) is 33.4. The number of rotatable bonds is 10. The molecule has 2 saturated carbocycles. The smallest absolute Gasteiger partial charge is 0.497 e. The monoisotopic (exact) mass is 768 g/mol. The second kappa shape index (κ2) is 17.2. The minimum absolute atomic E-state index is 0.00337. The molecule has 8 heteroatoms. The highest BCUT2D eigenvalue weighted by molar-refractivity contribution is 5.67. The summed E-state index contributed by atoms with van der Waals surface area (Å²) in [5.41, 5.74) is 5.57. The standard InChI is InChI=1S/C49H52O8/c1-47(2,3)35-11-23-41(24-12-35)53-45(50)54-42-25-15-37(16-26-42)49(33-9-6-10-34-49)38-17-27-43(28-18-38)55-46(51)57-56-44-29-19-39(20-30-44)48(31-7-5-8-32-48)36-13-21-40(52-4)22-14-36/h11-30H,5-10,31-34H2,1-4H3. The Morgan fingerprint density at radius 3 is 1.14 bits per heavy atom. The molecule has 5 aromatic carbocycles. The van der Waals surface area contributed by atoms with Gasteiger partial charge < -0.3 is 18.9 Å². The van der Waals surface area contributed by atoms with E-state index in [1.54, 1.807) is 31.4 Å². The molecule has 57 heavy (non-hydrogen) atoms. The van der Waals surface area contributed by atoms with E-state index in [0.29, 0.717) is 23.0 Å². The van der Waals surface area contributed by atoms with E-state index in [1.165, 1.54) is 24.0 Å². The van der Waals surface area contributed by atoms with Crippen LogP contribution in [0.25, 0.3) is 0 Å². The van der Waals surface area contributed by atoms with Crippen LogP contribution in [0.1, 0.15) is 113 Å². The molecule has 0 aliphatic heterocycles. The molecule has 8 nitrogen and oxygen atoms in total. The Labute approximate surface area is 336 Å². The third kappa shape index (κ3) is 9.12. The van der Waals surface area contributed by atoms with E-state index in [9.17, 15) is 9.59 Å². The van der Waals surface area contributed by atoms with Crippen molar-refractivity contribution in [1.82, 2.24) is 0 Å². The highest BCUT2D eigenvalue weighted by atomic mass is 17.2. The van der Waals surface area contributed by atoms with Crippen LogP contribution in [0, 0.1) is 0 Å². The first kappa shape index (κ1) is 39.5. The SMILES string of the molecule is COc1ccc(C2(c3ccc(OOC(=O)Oc4ccc(C5(c6ccc(OC(=O)Oc7ccc(C(C)(C)C)cc7)cc6)CCCCC5)cc4)cc3)CCCCC2)cc1. The quantitative estimate of drug-likeness (QED) is 0.0600. The minimum Gasteiger partial charge on any atom is -0.497 e. The molecule has 0 aromatic heterocycles. The maximum absolute atomic E-state index is 12.7. The average molecular weight is 769 g/mol. The van der Waals surface area contributed by atoms with Crippen LogP contribution in [0.15, 0.2) is 121 Å². The predicted molar refractivity (Wildman–Crippen MR) is 220 cm³/mol. The zero-order chi connectivity index (χ0) is 39.9. The van der Waals surface area contributed by atoms with E-state index >= 15 is 0 Å². The second-order valence-corrected chi connectivity index (χ2v) is 16.3. The predicted octanol–water partition coefficient (Wildman–Crippen LogP) is 12.6. The summed E-state index contributed by atoms with van der Waals surface area (Å²) in [5.74, 6) is 2.44. The lowest BCUT2D eigenvalue weighted by atomic mass is 9.65. The summed E-state index contributed by atoms with van der Waals surface area (Å²) in [5, 5.41) is 0. The summed E-state index contributed by atoms with van der Waals surface area (Å²) in [7, 11) is 1.68. The molecule has 0 heterocycles. The van der Waals surface area contributed by atoms with Crippen molar-refractivity contribution in [2.75, 3.05) is 7.11 Å². The van der Waals surface area contributed by atoms with E-state index in [4.69, 9.17) is 28.7 Å². The van der Waals surface area contributed by atoms with Gasteiger partial charge in [-0.05, 0) is 120 Å². The molecule has 0 N–H and O–H groups in total. The summed E-state index contributed by atoms with van der Waals surface area (Å²) in [6.45, 7) is 6.40. The minimum atomic E-state index is -0.961. The molecule has 0 amide bonds. The van der Waals surface area contributed by atoms with E-state index in [2.05, 4.69) is 45.0 Å². The van der Waals surface area contributed by atoms with Gasteiger partial charge in [0.15, 0.2) is 5.75 Å². The maximum atomic E-state index is 12.7. The Morgan fingerprint density at radius 2 is 0.772 bits per heavy atom. The van der Waals surface area contributed by atoms with Gasteiger partial charge in [0.25, 0.3) is 0 Å². The second-order valence-electron chi connectivity index (χ2n) is 16.3. The molecule has 7 rings (SSSR count). The summed E-state index contributed by atoms with van der Waals surface area (Å²) in [6.07, 6.45) is 9.23. The highest BCUT2D eigenvalue weighted by Gasteiger charge is 2.37. The first-order valence-corrected chi connectivity index (χ1v) is 20.1. The summed E-state index contributed by atoms with van der Waals surface area (Å²) >= 11 is 0. The Morgan fingerprint density at radius 1 is 0.439 bits per heavy atom. The number of carbonyl (C=O) groups is 2. The largest absolute Gasteiger partial charge is 0.555 e. The van der Waals surface area contributed by atoms with Crippen molar-refractivity contribution in [3.8, 4) is 28.7 Å². The van der Waals surface area contributed by atoms with Crippen molar-refractivity contribution in [2.45, 2.75) is 101 Å². The number of carbonyl (C=O) groups excluding carboxylic acids is 2. The van der Waals surface area contributed by atoms with Crippen molar-refractivity contribution in [1.29, 1.82) is 0 Å². The lowest BCUT2D eigenvalue weighted by Gasteiger charge is -2.38. The third-order valence-corrected chi connectivity index (χ3v) is 11.8. The van der Waals surface area contributed by atoms with Gasteiger partial charge in [-0.1, -0.05) is 120 Å². The third-order valence-electron chi connectivity index (χ3n) is 11.8. The van der Waals surface area contributed by atoms with Gasteiger partial charge in [-0.15, -0.1) is 0 Å². The normalized spacial score (nSPS) is 16.1. The summed E-state index contributed by atoms with van der Waals surface area (Å²) in [4.78, 5) is 35.7. The lowest BCUT2D eigenvalue weighted by Crippen LogP contribution is -2.30. The molecule has 2 aliphatic carbocycles. The number of benzene rings is 5. The molecule has 0 unspecified atom stereocenters. The Bertz CT molecular complexity index is 2080. The van der Waals surface area contributed by atoms with Gasteiger partial charge in [-0.25, -0.2) is 9.68 Å². The van der Waals surface area contributed by atoms with Crippen LogP contribution in [0.2, 0.25) is 0 Å². The van der Waals surface area contributed by atoms with Gasteiger partial charge >= 0.3 is 12.3 Å². The van der Waals surface area contributed by atoms with Crippen molar-refractivity contribution >= 4 is 12.3 Å². The van der Waals surface area contributed by atoms with Crippen LogP contribution >= 0.6 is 0 Å². The molecule has 5 aromatic rings. The van der Waals surface area contributed by atoms with E-state index < -0.39 is 12.3 Å². The first-order valence-electron chi connectivity index (χ1n) is 20.1. The summed E-state index contributed by atoms with van der Waals surface area (Å²) < 4.78 is 21.8. The molecule has 0 bridgehead atoms. The maximum Gasteiger partial charge on any atom is 0.555 e. The molecular weight excluding hydrogens is 717 g/mol. The molecule has 2 aliphatic rings. The number of ether oxygens (including phenoxy) is 4. The molecule has 296 valence electrons. The molecule has 0 saturated heterocycles. The molecule has 0 radical (unpaired) electrons. The van der Waals surface area contributed by atoms with E-state index in [0.717, 1.165) is 73.8 Å².